The van der Waals surface area contributed by atoms with Gasteiger partial charge in [0, 0.05) is 12.2 Å². The van der Waals surface area contributed by atoms with E-state index in [2.05, 4.69) is 10.4 Å². The van der Waals surface area contributed by atoms with Crippen molar-refractivity contribution >= 4 is 17.5 Å². The molecule has 0 unspecified atom stereocenters. The lowest BCUT2D eigenvalue weighted by Gasteiger charge is -2.23. The Morgan fingerprint density at radius 1 is 1.43 bits per heavy atom. The number of halogens is 1. The minimum Gasteiger partial charge on any atom is -0.379 e. The van der Waals surface area contributed by atoms with Crippen molar-refractivity contribution in [1.29, 1.82) is 0 Å². The molecule has 1 amide bonds. The summed E-state index contributed by atoms with van der Waals surface area (Å²) < 4.78 is 7.16. The maximum Gasteiger partial charge on any atom is 0.251 e. The summed E-state index contributed by atoms with van der Waals surface area (Å²) in [5.74, 6) is -0.0880. The summed E-state index contributed by atoms with van der Waals surface area (Å²) in [6.07, 6.45) is 1.94. The molecule has 6 heteroatoms. The molecule has 0 bridgehead atoms. The Morgan fingerprint density at radius 3 is 2.91 bits per heavy atom. The molecule has 0 radical (unpaired) electrons. The summed E-state index contributed by atoms with van der Waals surface area (Å²) in [6, 6.07) is 7.48. The molecule has 3 rings (SSSR count). The Bertz CT molecular complexity index is 721. The third-order valence-corrected chi connectivity index (χ3v) is 4.60. The molecule has 1 fully saturated rings. The third kappa shape index (κ3) is 3.41. The smallest absolute Gasteiger partial charge is 0.251 e. The lowest BCUT2D eigenvalue weighted by atomic mass is 10.1. The van der Waals surface area contributed by atoms with Crippen LogP contribution in [-0.2, 0) is 4.74 Å². The van der Waals surface area contributed by atoms with E-state index in [1.54, 1.807) is 10.7 Å². The highest BCUT2D eigenvalue weighted by Crippen LogP contribution is 2.22. The number of carbonyl (C=O) groups is 1. The minimum absolute atomic E-state index is 0.0861. The van der Waals surface area contributed by atoms with Gasteiger partial charge in [-0.05, 0) is 44.9 Å². The van der Waals surface area contributed by atoms with Crippen LogP contribution >= 0.6 is 11.6 Å². The second-order valence-corrected chi connectivity index (χ2v) is 6.21. The SMILES string of the molecule is Cc1nn(-c2cccc(C(=O)N[C@@H]3CCCOC3)c2)c(C)c1Cl. The lowest BCUT2D eigenvalue weighted by molar-refractivity contribution is 0.0624. The van der Waals surface area contributed by atoms with E-state index < -0.39 is 0 Å². The molecule has 0 saturated carbocycles. The first kappa shape index (κ1) is 16.0. The first-order chi connectivity index (χ1) is 11.1. The second kappa shape index (κ2) is 6.72. The summed E-state index contributed by atoms with van der Waals surface area (Å²) >= 11 is 6.20. The normalized spacial score (nSPS) is 18.0. The number of aryl methyl sites for hydroxylation is 1. The summed E-state index contributed by atoms with van der Waals surface area (Å²) in [5.41, 5.74) is 3.07. The molecule has 1 aromatic carbocycles. The molecular weight excluding hydrogens is 314 g/mol. The molecule has 2 heterocycles. The van der Waals surface area contributed by atoms with Gasteiger partial charge in [0.1, 0.15) is 0 Å². The lowest BCUT2D eigenvalue weighted by Crippen LogP contribution is -2.40. The summed E-state index contributed by atoms with van der Waals surface area (Å²) in [7, 11) is 0. The average Bonchev–Trinajstić information content (AvgIpc) is 2.83. The molecule has 122 valence electrons. The van der Waals surface area contributed by atoms with Crippen molar-refractivity contribution in [3.63, 3.8) is 0 Å². The van der Waals surface area contributed by atoms with Crippen LogP contribution in [0, 0.1) is 13.8 Å². The predicted molar refractivity (Wildman–Crippen MR) is 89.4 cm³/mol. The summed E-state index contributed by atoms with van der Waals surface area (Å²) in [6.45, 7) is 5.14. The van der Waals surface area contributed by atoms with Gasteiger partial charge >= 0.3 is 0 Å². The van der Waals surface area contributed by atoms with E-state index in [9.17, 15) is 4.79 Å². The Hall–Kier alpha value is -1.85. The maximum atomic E-state index is 12.4. The van der Waals surface area contributed by atoms with Gasteiger partial charge in [-0.3, -0.25) is 4.79 Å². The summed E-state index contributed by atoms with van der Waals surface area (Å²) in [4.78, 5) is 12.4. The highest BCUT2D eigenvalue weighted by atomic mass is 35.5. The molecule has 1 atom stereocenters. The Labute approximate surface area is 140 Å². The quantitative estimate of drug-likeness (QED) is 0.939. The first-order valence-electron chi connectivity index (χ1n) is 7.77. The largest absolute Gasteiger partial charge is 0.379 e. The van der Waals surface area contributed by atoms with E-state index in [1.807, 2.05) is 32.0 Å². The van der Waals surface area contributed by atoms with Gasteiger partial charge in [-0.25, -0.2) is 4.68 Å². The third-order valence-electron chi connectivity index (χ3n) is 4.05. The Balaban J connectivity index is 1.81. The van der Waals surface area contributed by atoms with Gasteiger partial charge in [0.2, 0.25) is 0 Å². The Kier molecular flexibility index (Phi) is 4.68. The van der Waals surface area contributed by atoms with Gasteiger partial charge in [0.05, 0.1) is 34.7 Å². The number of nitrogens with zero attached hydrogens (tertiary/aromatic N) is 2. The van der Waals surface area contributed by atoms with Crippen molar-refractivity contribution in [1.82, 2.24) is 15.1 Å². The highest BCUT2D eigenvalue weighted by Gasteiger charge is 2.18. The molecule has 1 aliphatic rings. The van der Waals surface area contributed by atoms with Crippen LogP contribution < -0.4 is 5.32 Å². The molecule has 0 aliphatic carbocycles. The van der Waals surface area contributed by atoms with Crippen molar-refractivity contribution in [2.45, 2.75) is 32.7 Å². The van der Waals surface area contributed by atoms with Gasteiger partial charge in [-0.1, -0.05) is 17.7 Å². The molecule has 23 heavy (non-hydrogen) atoms. The van der Waals surface area contributed by atoms with E-state index in [0.717, 1.165) is 36.5 Å². The zero-order valence-electron chi connectivity index (χ0n) is 13.3. The topological polar surface area (TPSA) is 56.2 Å². The van der Waals surface area contributed by atoms with Crippen molar-refractivity contribution in [3.05, 3.63) is 46.2 Å². The number of hydrogen-bond acceptors (Lipinski definition) is 3. The van der Waals surface area contributed by atoms with Crippen molar-refractivity contribution in [2.24, 2.45) is 0 Å². The zero-order valence-corrected chi connectivity index (χ0v) is 14.1. The minimum atomic E-state index is -0.0880. The Morgan fingerprint density at radius 2 is 2.26 bits per heavy atom. The fraction of sp³-hybridized carbons (Fsp3) is 0.412. The second-order valence-electron chi connectivity index (χ2n) is 5.83. The van der Waals surface area contributed by atoms with Crippen LogP contribution in [0.1, 0.15) is 34.6 Å². The van der Waals surface area contributed by atoms with E-state index in [0.29, 0.717) is 17.2 Å². The highest BCUT2D eigenvalue weighted by molar-refractivity contribution is 6.31. The number of benzene rings is 1. The summed E-state index contributed by atoms with van der Waals surface area (Å²) in [5, 5.41) is 8.11. The van der Waals surface area contributed by atoms with Crippen molar-refractivity contribution in [3.8, 4) is 5.69 Å². The van der Waals surface area contributed by atoms with Gasteiger partial charge in [-0.15, -0.1) is 0 Å². The number of carbonyl (C=O) groups excluding carboxylic acids is 1. The number of nitrogens with one attached hydrogen (secondary N) is 1. The average molecular weight is 334 g/mol. The van der Waals surface area contributed by atoms with Gasteiger partial charge < -0.3 is 10.1 Å². The van der Waals surface area contributed by atoms with Crippen LogP contribution in [0.25, 0.3) is 5.69 Å². The monoisotopic (exact) mass is 333 g/mol. The van der Waals surface area contributed by atoms with Gasteiger partial charge in [0.15, 0.2) is 0 Å². The fourth-order valence-corrected chi connectivity index (χ4v) is 2.90. The van der Waals surface area contributed by atoms with Crippen LogP contribution in [0.2, 0.25) is 5.02 Å². The fourth-order valence-electron chi connectivity index (χ4n) is 2.78. The molecule has 1 N–H and O–H groups in total. The van der Waals surface area contributed by atoms with E-state index in [1.165, 1.54) is 0 Å². The number of rotatable bonds is 3. The number of amides is 1. The number of aromatic nitrogens is 2. The van der Waals surface area contributed by atoms with E-state index >= 15 is 0 Å². The molecule has 1 aliphatic heterocycles. The van der Waals surface area contributed by atoms with Crippen molar-refractivity contribution < 1.29 is 9.53 Å². The maximum absolute atomic E-state index is 12.4. The van der Waals surface area contributed by atoms with Gasteiger partial charge in [0.25, 0.3) is 5.91 Å². The van der Waals surface area contributed by atoms with Crippen LogP contribution in [0.15, 0.2) is 24.3 Å². The van der Waals surface area contributed by atoms with E-state index in [4.69, 9.17) is 16.3 Å². The van der Waals surface area contributed by atoms with Crippen LogP contribution in [0.3, 0.4) is 0 Å². The first-order valence-corrected chi connectivity index (χ1v) is 8.15. The van der Waals surface area contributed by atoms with E-state index in [-0.39, 0.29) is 11.9 Å². The standard InChI is InChI=1S/C17H20ClN3O2/c1-11-16(18)12(2)21(20-11)15-7-3-5-13(9-15)17(22)19-14-6-4-8-23-10-14/h3,5,7,9,14H,4,6,8,10H2,1-2H3,(H,19,22)/t14-/m1/s1. The van der Waals surface area contributed by atoms with Crippen LogP contribution in [-0.4, -0.2) is 34.9 Å². The molecule has 2 aromatic rings. The molecule has 5 nitrogen and oxygen atoms in total. The molecule has 1 aromatic heterocycles. The predicted octanol–water partition coefficient (Wildman–Crippen LogP) is 3.05. The van der Waals surface area contributed by atoms with Crippen molar-refractivity contribution in [2.75, 3.05) is 13.2 Å². The van der Waals surface area contributed by atoms with Crippen LogP contribution in [0.4, 0.5) is 0 Å². The zero-order chi connectivity index (χ0) is 16.4. The molecular formula is C17H20ClN3O2. The van der Waals surface area contributed by atoms with Gasteiger partial charge in [-0.2, -0.15) is 5.10 Å². The number of hydrogen-bond donors (Lipinski definition) is 1. The molecule has 0 spiro atoms. The molecule has 1 saturated heterocycles. The van der Waals surface area contributed by atoms with Crippen LogP contribution in [0.5, 0.6) is 0 Å². The number of ether oxygens (including phenoxy) is 1.